The monoisotopic (exact) mass is 283 g/mol. The maximum absolute atomic E-state index is 12.9. The first kappa shape index (κ1) is 13.0. The summed E-state index contributed by atoms with van der Waals surface area (Å²) in [7, 11) is 1.31. The fraction of sp³-hybridized carbons (Fsp3) is 0.167. The Morgan fingerprint density at radius 2 is 2.06 bits per heavy atom. The van der Waals surface area contributed by atoms with Crippen LogP contribution in [0, 0.1) is 5.82 Å². The minimum absolute atomic E-state index is 0.276. The van der Waals surface area contributed by atoms with Gasteiger partial charge in [0.2, 0.25) is 0 Å². The van der Waals surface area contributed by atoms with Crippen LogP contribution in [0.3, 0.4) is 0 Å². The van der Waals surface area contributed by atoms with Gasteiger partial charge < -0.3 is 4.74 Å². The van der Waals surface area contributed by atoms with Gasteiger partial charge in [-0.1, -0.05) is 23.9 Å². The molecule has 0 radical (unpaired) electrons. The number of rotatable bonds is 3. The third kappa shape index (κ3) is 2.54. The molecule has 6 heteroatoms. The molecule has 0 aliphatic rings. The zero-order valence-electron chi connectivity index (χ0n) is 9.77. The molecule has 0 unspecified atom stereocenters. The van der Waals surface area contributed by atoms with Crippen LogP contribution in [-0.2, 0) is 4.74 Å². The van der Waals surface area contributed by atoms with Crippen LogP contribution in [-0.4, -0.2) is 24.3 Å². The minimum Gasteiger partial charge on any atom is -0.464 e. The summed E-state index contributed by atoms with van der Waals surface area (Å²) in [5, 5.41) is 0. The van der Waals surface area contributed by atoms with Gasteiger partial charge in [-0.3, -0.25) is 0 Å². The van der Waals surface area contributed by atoms with Crippen LogP contribution in [0.2, 0.25) is 0 Å². The molecule has 3 nitrogen and oxygen atoms in total. The number of esters is 1. The summed E-state index contributed by atoms with van der Waals surface area (Å²) in [4.78, 5) is 16.6. The number of benzene rings is 1. The van der Waals surface area contributed by atoms with E-state index in [0.717, 1.165) is 9.90 Å². The molecule has 0 saturated carbocycles. The number of carbonyl (C=O) groups excluding carboxylic acids is 1. The van der Waals surface area contributed by atoms with Gasteiger partial charge in [0.15, 0.2) is 10.0 Å². The SMILES string of the molecule is COC(=O)c1nc(SC)sc1-c1ccc(F)cc1. The molecule has 94 valence electrons. The predicted octanol–water partition coefficient (Wildman–Crippen LogP) is 3.46. The fourth-order valence-electron chi connectivity index (χ4n) is 1.42. The minimum atomic E-state index is -0.481. The first-order valence-corrected chi connectivity index (χ1v) is 7.09. The molecule has 0 N–H and O–H groups in total. The van der Waals surface area contributed by atoms with Crippen LogP contribution in [0.5, 0.6) is 0 Å². The first-order valence-electron chi connectivity index (χ1n) is 5.04. The second-order valence-corrected chi connectivity index (χ2v) is 5.41. The Morgan fingerprint density at radius 3 is 2.61 bits per heavy atom. The van der Waals surface area contributed by atoms with Gasteiger partial charge in [-0.2, -0.15) is 0 Å². The van der Waals surface area contributed by atoms with Gasteiger partial charge in [0.25, 0.3) is 0 Å². The van der Waals surface area contributed by atoms with Gasteiger partial charge in [0.05, 0.1) is 12.0 Å². The lowest BCUT2D eigenvalue weighted by Gasteiger charge is -2.00. The molecule has 1 heterocycles. The highest BCUT2D eigenvalue weighted by Gasteiger charge is 2.19. The quantitative estimate of drug-likeness (QED) is 0.639. The highest BCUT2D eigenvalue weighted by Crippen LogP contribution is 2.34. The van der Waals surface area contributed by atoms with Crippen molar-refractivity contribution in [1.29, 1.82) is 0 Å². The van der Waals surface area contributed by atoms with Crippen LogP contribution in [0.1, 0.15) is 10.5 Å². The van der Waals surface area contributed by atoms with Gasteiger partial charge in [-0.05, 0) is 24.0 Å². The van der Waals surface area contributed by atoms with Crippen molar-refractivity contribution in [2.75, 3.05) is 13.4 Å². The lowest BCUT2D eigenvalue weighted by atomic mass is 10.1. The second-order valence-electron chi connectivity index (χ2n) is 3.36. The lowest BCUT2D eigenvalue weighted by molar-refractivity contribution is 0.0595. The fourth-order valence-corrected chi connectivity index (χ4v) is 2.98. The Morgan fingerprint density at radius 1 is 1.39 bits per heavy atom. The summed E-state index contributed by atoms with van der Waals surface area (Å²) in [5.41, 5.74) is 1.04. The number of hydrogen-bond donors (Lipinski definition) is 0. The van der Waals surface area contributed by atoms with Gasteiger partial charge in [-0.25, -0.2) is 14.2 Å². The van der Waals surface area contributed by atoms with E-state index in [1.54, 1.807) is 12.1 Å². The highest BCUT2D eigenvalue weighted by atomic mass is 32.2. The molecule has 2 rings (SSSR count). The van der Waals surface area contributed by atoms with E-state index in [9.17, 15) is 9.18 Å². The smallest absolute Gasteiger partial charge is 0.358 e. The standard InChI is InChI=1S/C12H10FNO2S2/c1-16-11(15)9-10(18-12(14-9)17-2)7-3-5-8(13)6-4-7/h3-6H,1-2H3. The number of carbonyl (C=O) groups is 1. The Labute approximate surface area is 112 Å². The number of halogens is 1. The Hall–Kier alpha value is -1.40. The zero-order valence-corrected chi connectivity index (χ0v) is 11.4. The van der Waals surface area contributed by atoms with E-state index in [-0.39, 0.29) is 11.5 Å². The number of nitrogens with zero attached hydrogens (tertiary/aromatic N) is 1. The third-order valence-electron chi connectivity index (χ3n) is 2.27. The average molecular weight is 283 g/mol. The molecule has 2 aromatic rings. The zero-order chi connectivity index (χ0) is 13.1. The number of thiazole rings is 1. The average Bonchev–Trinajstić information content (AvgIpc) is 2.83. The molecule has 0 bridgehead atoms. The highest BCUT2D eigenvalue weighted by molar-refractivity contribution is 8.00. The van der Waals surface area contributed by atoms with Gasteiger partial charge in [0, 0.05) is 0 Å². The summed E-state index contributed by atoms with van der Waals surface area (Å²) in [6, 6.07) is 5.96. The topological polar surface area (TPSA) is 39.2 Å². The van der Waals surface area contributed by atoms with Crippen molar-refractivity contribution in [3.8, 4) is 10.4 Å². The van der Waals surface area contributed by atoms with Gasteiger partial charge in [0.1, 0.15) is 5.82 Å². The van der Waals surface area contributed by atoms with Crippen LogP contribution < -0.4 is 0 Å². The molecule has 0 aliphatic carbocycles. The Kier molecular flexibility index (Phi) is 3.98. The maximum Gasteiger partial charge on any atom is 0.358 e. The van der Waals surface area contributed by atoms with E-state index in [0.29, 0.717) is 4.88 Å². The third-order valence-corrected chi connectivity index (χ3v) is 4.36. The molecule has 0 saturated heterocycles. The van der Waals surface area contributed by atoms with Gasteiger partial charge >= 0.3 is 5.97 Å². The number of methoxy groups -OCH3 is 1. The number of hydrogen-bond acceptors (Lipinski definition) is 5. The predicted molar refractivity (Wildman–Crippen MR) is 70.6 cm³/mol. The molecule has 0 fully saturated rings. The van der Waals surface area contributed by atoms with E-state index in [4.69, 9.17) is 4.74 Å². The molecule has 1 aromatic heterocycles. The summed E-state index contributed by atoms with van der Waals surface area (Å²) in [6.45, 7) is 0. The molecule has 18 heavy (non-hydrogen) atoms. The number of thioether (sulfide) groups is 1. The van der Waals surface area contributed by atoms with Crippen molar-refractivity contribution in [2.24, 2.45) is 0 Å². The normalized spacial score (nSPS) is 10.4. The van der Waals surface area contributed by atoms with Crippen LogP contribution in [0.25, 0.3) is 10.4 Å². The summed E-state index contributed by atoms with van der Waals surface area (Å²) in [6.07, 6.45) is 1.88. The van der Waals surface area contributed by atoms with Crippen molar-refractivity contribution in [3.05, 3.63) is 35.8 Å². The van der Waals surface area contributed by atoms with E-state index in [1.165, 1.54) is 42.3 Å². The Balaban J connectivity index is 2.51. The maximum atomic E-state index is 12.9. The molecule has 0 atom stereocenters. The number of ether oxygens (including phenoxy) is 1. The van der Waals surface area contributed by atoms with Gasteiger partial charge in [-0.15, -0.1) is 11.3 Å². The molecule has 0 aliphatic heterocycles. The molecule has 1 aromatic carbocycles. The first-order chi connectivity index (χ1) is 8.65. The van der Waals surface area contributed by atoms with E-state index in [2.05, 4.69) is 4.98 Å². The summed E-state index contributed by atoms with van der Waals surface area (Å²) in [5.74, 6) is -0.793. The van der Waals surface area contributed by atoms with E-state index >= 15 is 0 Å². The van der Waals surface area contributed by atoms with Crippen molar-refractivity contribution < 1.29 is 13.9 Å². The summed E-state index contributed by atoms with van der Waals surface area (Å²) < 4.78 is 18.4. The van der Waals surface area contributed by atoms with Crippen molar-refractivity contribution in [3.63, 3.8) is 0 Å². The number of aromatic nitrogens is 1. The van der Waals surface area contributed by atoms with Crippen LogP contribution >= 0.6 is 23.1 Å². The second kappa shape index (κ2) is 5.49. The van der Waals surface area contributed by atoms with Crippen molar-refractivity contribution >= 4 is 29.1 Å². The van der Waals surface area contributed by atoms with Crippen molar-refractivity contribution in [2.45, 2.75) is 4.34 Å². The van der Waals surface area contributed by atoms with Crippen molar-refractivity contribution in [1.82, 2.24) is 4.98 Å². The largest absolute Gasteiger partial charge is 0.464 e. The van der Waals surface area contributed by atoms with E-state index < -0.39 is 5.97 Å². The van der Waals surface area contributed by atoms with Crippen LogP contribution in [0.15, 0.2) is 28.6 Å². The lowest BCUT2D eigenvalue weighted by Crippen LogP contribution is -2.03. The molecule has 0 amide bonds. The molecule has 0 spiro atoms. The Bertz CT molecular complexity index is 566. The molecular formula is C12H10FNO2S2. The molecular weight excluding hydrogens is 273 g/mol. The summed E-state index contributed by atoms with van der Waals surface area (Å²) >= 11 is 2.85. The van der Waals surface area contributed by atoms with E-state index in [1.807, 2.05) is 6.26 Å². The van der Waals surface area contributed by atoms with Crippen LogP contribution in [0.4, 0.5) is 4.39 Å².